The number of nitrogens with two attached hydrogens (primary N) is 2. The Morgan fingerprint density at radius 3 is 2.62 bits per heavy atom. The number of piperazine rings is 1. The van der Waals surface area contributed by atoms with Gasteiger partial charge in [-0.15, -0.1) is 11.3 Å². The standard InChI is InChI=1S/C14H24N4O2S/c1-8(2)20-11-10(15)12(13(16)19)21-14(11)18-6-5-17(4)7-9(18)3/h8-9H,5-7,15H2,1-4H3,(H2,16,19). The molecule has 1 aliphatic heterocycles. The highest BCUT2D eigenvalue weighted by molar-refractivity contribution is 7.19. The molecule has 0 bridgehead atoms. The van der Waals surface area contributed by atoms with Crippen molar-refractivity contribution in [1.82, 2.24) is 4.90 Å². The van der Waals surface area contributed by atoms with Crippen molar-refractivity contribution < 1.29 is 9.53 Å². The lowest BCUT2D eigenvalue weighted by molar-refractivity contribution is 0.100. The van der Waals surface area contributed by atoms with Crippen LogP contribution in [0.5, 0.6) is 5.75 Å². The molecule has 1 aliphatic rings. The summed E-state index contributed by atoms with van der Waals surface area (Å²) in [7, 11) is 2.11. The fourth-order valence-corrected chi connectivity index (χ4v) is 3.72. The minimum absolute atomic E-state index is 0.0100. The number of nitrogen functional groups attached to an aromatic ring is 1. The van der Waals surface area contributed by atoms with E-state index in [1.165, 1.54) is 11.3 Å². The molecule has 0 aromatic carbocycles. The van der Waals surface area contributed by atoms with Gasteiger partial charge in [-0.05, 0) is 27.8 Å². The molecule has 1 unspecified atom stereocenters. The Labute approximate surface area is 129 Å². The molecule has 0 radical (unpaired) electrons. The molecule has 6 nitrogen and oxygen atoms in total. The van der Waals surface area contributed by atoms with Crippen LogP contribution in [-0.2, 0) is 0 Å². The van der Waals surface area contributed by atoms with Crippen molar-refractivity contribution >= 4 is 27.9 Å². The Balaban J connectivity index is 2.41. The summed E-state index contributed by atoms with van der Waals surface area (Å²) in [6, 6.07) is 0.331. The summed E-state index contributed by atoms with van der Waals surface area (Å²) >= 11 is 1.33. The molecule has 118 valence electrons. The number of ether oxygens (including phenoxy) is 1. The molecule has 1 atom stereocenters. The zero-order valence-corrected chi connectivity index (χ0v) is 13.9. The zero-order valence-electron chi connectivity index (χ0n) is 13.0. The third-order valence-electron chi connectivity index (χ3n) is 3.55. The van der Waals surface area contributed by atoms with Gasteiger partial charge in [0.15, 0.2) is 5.75 Å². The van der Waals surface area contributed by atoms with Gasteiger partial charge in [-0.25, -0.2) is 0 Å². The van der Waals surface area contributed by atoms with Crippen LogP contribution in [0.15, 0.2) is 0 Å². The molecule has 4 N–H and O–H groups in total. The highest BCUT2D eigenvalue weighted by Crippen LogP contribution is 2.46. The molecular formula is C14H24N4O2S. The summed E-state index contributed by atoms with van der Waals surface area (Å²) in [4.78, 5) is 16.5. The van der Waals surface area contributed by atoms with E-state index in [0.29, 0.717) is 22.4 Å². The quantitative estimate of drug-likeness (QED) is 0.877. The first kappa shape index (κ1) is 15.9. The molecule has 1 saturated heterocycles. The molecule has 0 saturated carbocycles. The number of thiophene rings is 1. The largest absolute Gasteiger partial charge is 0.486 e. The fraction of sp³-hybridized carbons (Fsp3) is 0.643. The Morgan fingerprint density at radius 1 is 1.43 bits per heavy atom. The van der Waals surface area contributed by atoms with Crippen LogP contribution in [0, 0.1) is 0 Å². The van der Waals surface area contributed by atoms with E-state index in [9.17, 15) is 4.79 Å². The number of hydrogen-bond donors (Lipinski definition) is 2. The summed E-state index contributed by atoms with van der Waals surface area (Å²) in [5.41, 5.74) is 11.9. The monoisotopic (exact) mass is 312 g/mol. The van der Waals surface area contributed by atoms with Crippen LogP contribution in [-0.4, -0.2) is 49.6 Å². The number of hydrogen-bond acceptors (Lipinski definition) is 6. The van der Waals surface area contributed by atoms with E-state index in [1.807, 2.05) is 13.8 Å². The normalized spacial score (nSPS) is 20.0. The molecule has 1 aromatic heterocycles. The van der Waals surface area contributed by atoms with Crippen molar-refractivity contribution in [2.45, 2.75) is 32.9 Å². The lowest BCUT2D eigenvalue weighted by Crippen LogP contribution is -2.50. The summed E-state index contributed by atoms with van der Waals surface area (Å²) in [5, 5.41) is 0.913. The molecule has 1 amide bonds. The maximum Gasteiger partial charge on any atom is 0.261 e. The highest BCUT2D eigenvalue weighted by atomic mass is 32.1. The molecule has 0 aliphatic carbocycles. The average Bonchev–Trinajstić information content (AvgIpc) is 2.67. The first-order valence-electron chi connectivity index (χ1n) is 7.15. The SMILES string of the molecule is CC(C)Oc1c(N2CCN(C)CC2C)sc(C(N)=O)c1N. The Kier molecular flexibility index (Phi) is 4.63. The van der Waals surface area contributed by atoms with Crippen molar-refractivity contribution in [1.29, 1.82) is 0 Å². The van der Waals surface area contributed by atoms with E-state index in [-0.39, 0.29) is 6.10 Å². The lowest BCUT2D eigenvalue weighted by Gasteiger charge is -2.39. The second kappa shape index (κ2) is 6.11. The van der Waals surface area contributed by atoms with Gasteiger partial charge in [-0.2, -0.15) is 0 Å². The van der Waals surface area contributed by atoms with E-state index in [4.69, 9.17) is 16.2 Å². The molecule has 7 heteroatoms. The summed E-state index contributed by atoms with van der Waals surface area (Å²) in [6.07, 6.45) is -0.0100. The summed E-state index contributed by atoms with van der Waals surface area (Å²) in [6.45, 7) is 8.86. The fourth-order valence-electron chi connectivity index (χ4n) is 2.58. The van der Waals surface area contributed by atoms with Crippen molar-refractivity contribution in [2.75, 3.05) is 37.3 Å². The van der Waals surface area contributed by atoms with E-state index in [0.717, 1.165) is 24.6 Å². The molecule has 0 spiro atoms. The van der Waals surface area contributed by atoms with Gasteiger partial charge in [0.05, 0.1) is 6.10 Å². The predicted octanol–water partition coefficient (Wildman–Crippen LogP) is 1.36. The van der Waals surface area contributed by atoms with Crippen molar-refractivity contribution in [3.63, 3.8) is 0 Å². The van der Waals surface area contributed by atoms with Gasteiger partial charge >= 0.3 is 0 Å². The van der Waals surface area contributed by atoms with Crippen molar-refractivity contribution in [3.8, 4) is 5.75 Å². The van der Waals surface area contributed by atoms with Crippen molar-refractivity contribution in [3.05, 3.63) is 4.88 Å². The van der Waals surface area contributed by atoms with Crippen LogP contribution in [0.1, 0.15) is 30.4 Å². The molecule has 1 fully saturated rings. The van der Waals surface area contributed by atoms with E-state index < -0.39 is 5.91 Å². The smallest absolute Gasteiger partial charge is 0.261 e. The van der Waals surface area contributed by atoms with Crippen LogP contribution in [0.4, 0.5) is 10.7 Å². The second-order valence-corrected chi connectivity index (χ2v) is 6.81. The topological polar surface area (TPSA) is 84.8 Å². The van der Waals surface area contributed by atoms with E-state index >= 15 is 0 Å². The number of rotatable bonds is 4. The maximum absolute atomic E-state index is 11.6. The average molecular weight is 312 g/mol. The van der Waals surface area contributed by atoms with Gasteiger partial charge < -0.3 is 26.0 Å². The molecule has 21 heavy (non-hydrogen) atoms. The number of amides is 1. The molecular weight excluding hydrogens is 288 g/mol. The van der Waals surface area contributed by atoms with Crippen LogP contribution in [0.3, 0.4) is 0 Å². The minimum Gasteiger partial charge on any atom is -0.486 e. The van der Waals surface area contributed by atoms with Crippen molar-refractivity contribution in [2.24, 2.45) is 5.73 Å². The molecule has 1 aromatic rings. The first-order valence-corrected chi connectivity index (χ1v) is 7.96. The van der Waals surface area contributed by atoms with Crippen LogP contribution >= 0.6 is 11.3 Å². The van der Waals surface area contributed by atoms with Gasteiger partial charge in [0.25, 0.3) is 5.91 Å². The number of anilines is 2. The first-order chi connectivity index (χ1) is 9.81. The van der Waals surface area contributed by atoms with Gasteiger partial charge in [-0.1, -0.05) is 0 Å². The third-order valence-corrected chi connectivity index (χ3v) is 4.79. The second-order valence-electron chi connectivity index (χ2n) is 5.81. The predicted molar refractivity (Wildman–Crippen MR) is 87.3 cm³/mol. The number of carbonyl (C=O) groups is 1. The zero-order chi connectivity index (χ0) is 15.7. The Morgan fingerprint density at radius 2 is 2.10 bits per heavy atom. The minimum atomic E-state index is -0.501. The Hall–Kier alpha value is -1.47. The van der Waals surface area contributed by atoms with Gasteiger partial charge in [0.1, 0.15) is 15.6 Å². The van der Waals surface area contributed by atoms with Gasteiger partial charge in [0, 0.05) is 25.7 Å². The third kappa shape index (κ3) is 3.24. The maximum atomic E-state index is 11.6. The van der Waals surface area contributed by atoms with Gasteiger partial charge in [0.2, 0.25) is 0 Å². The van der Waals surface area contributed by atoms with E-state index in [1.54, 1.807) is 0 Å². The van der Waals surface area contributed by atoms with E-state index in [2.05, 4.69) is 23.8 Å². The number of nitrogens with zero attached hydrogens (tertiary/aromatic N) is 2. The van der Waals surface area contributed by atoms with Crippen LogP contribution < -0.4 is 21.1 Å². The number of likely N-dealkylation sites (N-methyl/N-ethyl adjacent to an activating group) is 1. The summed E-state index contributed by atoms with van der Waals surface area (Å²) in [5.74, 6) is 0.0966. The van der Waals surface area contributed by atoms with Crippen LogP contribution in [0.2, 0.25) is 0 Å². The van der Waals surface area contributed by atoms with Gasteiger partial charge in [-0.3, -0.25) is 4.79 Å². The highest BCUT2D eigenvalue weighted by Gasteiger charge is 2.30. The summed E-state index contributed by atoms with van der Waals surface area (Å²) < 4.78 is 5.86. The lowest BCUT2D eigenvalue weighted by atomic mass is 10.2. The molecule has 2 heterocycles. The number of primary amides is 1. The Bertz CT molecular complexity index is 529. The molecule has 2 rings (SSSR count). The number of carbonyl (C=O) groups excluding carboxylic acids is 1. The van der Waals surface area contributed by atoms with Crippen LogP contribution in [0.25, 0.3) is 0 Å².